The van der Waals surface area contributed by atoms with Gasteiger partial charge in [-0.05, 0) is 30.4 Å². The highest BCUT2D eigenvalue weighted by atomic mass is 16.6. The summed E-state index contributed by atoms with van der Waals surface area (Å²) < 4.78 is 23.8. The Morgan fingerprint density at radius 3 is 1.97 bits per heavy atom. The predicted octanol–water partition coefficient (Wildman–Crippen LogP) is 3.10. The summed E-state index contributed by atoms with van der Waals surface area (Å²) in [7, 11) is 0. The van der Waals surface area contributed by atoms with Gasteiger partial charge < -0.3 is 18.9 Å². The van der Waals surface area contributed by atoms with E-state index in [0.29, 0.717) is 18.4 Å². The molecule has 2 bridgehead atoms. The smallest absolute Gasteiger partial charge is 0.303 e. The molecular formula is C28H36O9. The molecule has 9 unspecified atom stereocenters. The standard InChI is InChI=1S/C28H36O9/c1-13-18-11-19(34-14(2)29)22-27(8)10-9-20(33)26(6,7)23(27)21(35-15(3)30)25(37-17(5)32)28(22,12-18)24(13)36-16(4)31/h9-10,18-19,21-25H,1,11-12H2,2-8H3. The number of rotatable bonds is 4. The average Bonchev–Trinajstić information content (AvgIpc) is 2.94. The van der Waals surface area contributed by atoms with Crippen molar-refractivity contribution in [2.24, 2.45) is 34.0 Å². The molecule has 0 aromatic heterocycles. The monoisotopic (exact) mass is 516 g/mol. The lowest BCUT2D eigenvalue weighted by Crippen LogP contribution is -2.73. The van der Waals surface area contributed by atoms with Crippen molar-refractivity contribution in [3.8, 4) is 0 Å². The van der Waals surface area contributed by atoms with E-state index in [1.165, 1.54) is 33.8 Å². The van der Waals surface area contributed by atoms with E-state index < -0.39 is 76.4 Å². The third-order valence-electron chi connectivity index (χ3n) is 9.12. The van der Waals surface area contributed by atoms with Crippen molar-refractivity contribution >= 4 is 29.7 Å². The van der Waals surface area contributed by atoms with Gasteiger partial charge in [-0.25, -0.2) is 0 Å². The number of carbonyl (C=O) groups is 5. The number of fused-ring (bicyclic) bond motifs is 3. The fourth-order valence-corrected chi connectivity index (χ4v) is 8.34. The SMILES string of the molecule is C=C1C2CC(OC(C)=O)C3C4(C)C=CC(=O)C(C)(C)C4C(OC(C)=O)C(OC(C)=O)C3(C2)C1OC(C)=O. The van der Waals surface area contributed by atoms with Gasteiger partial charge in [-0.1, -0.05) is 33.4 Å². The van der Waals surface area contributed by atoms with Crippen LogP contribution in [0.2, 0.25) is 0 Å². The van der Waals surface area contributed by atoms with Crippen LogP contribution in [0.1, 0.15) is 61.3 Å². The van der Waals surface area contributed by atoms with E-state index in [1.54, 1.807) is 19.9 Å². The van der Waals surface area contributed by atoms with Crippen molar-refractivity contribution in [3.63, 3.8) is 0 Å². The lowest BCUT2D eigenvalue weighted by molar-refractivity contribution is -0.276. The molecule has 4 aliphatic carbocycles. The third kappa shape index (κ3) is 3.92. The summed E-state index contributed by atoms with van der Waals surface area (Å²) >= 11 is 0. The Hall–Kier alpha value is -2.97. The second kappa shape index (κ2) is 8.81. The summed E-state index contributed by atoms with van der Waals surface area (Å²) in [4.78, 5) is 62.9. The quantitative estimate of drug-likeness (QED) is 0.315. The van der Waals surface area contributed by atoms with Crippen LogP contribution in [-0.4, -0.2) is 54.1 Å². The maximum Gasteiger partial charge on any atom is 0.303 e. The predicted molar refractivity (Wildman–Crippen MR) is 130 cm³/mol. The summed E-state index contributed by atoms with van der Waals surface area (Å²) in [5, 5.41) is 0. The first-order chi connectivity index (χ1) is 17.1. The summed E-state index contributed by atoms with van der Waals surface area (Å²) in [6, 6.07) is 0. The zero-order chi connectivity index (χ0) is 27.7. The van der Waals surface area contributed by atoms with Gasteiger partial charge in [0, 0.05) is 50.4 Å². The molecule has 3 saturated carbocycles. The fourth-order valence-electron chi connectivity index (χ4n) is 8.34. The maximum absolute atomic E-state index is 13.2. The first-order valence-electron chi connectivity index (χ1n) is 12.7. The Kier molecular flexibility index (Phi) is 6.44. The van der Waals surface area contributed by atoms with Crippen molar-refractivity contribution in [1.29, 1.82) is 0 Å². The molecule has 37 heavy (non-hydrogen) atoms. The van der Waals surface area contributed by atoms with Gasteiger partial charge in [0.15, 0.2) is 5.78 Å². The van der Waals surface area contributed by atoms with Crippen LogP contribution in [-0.2, 0) is 42.9 Å². The number of carbonyl (C=O) groups excluding carboxylic acids is 5. The highest BCUT2D eigenvalue weighted by Gasteiger charge is 2.78. The third-order valence-corrected chi connectivity index (χ3v) is 9.12. The van der Waals surface area contributed by atoms with E-state index in [1.807, 2.05) is 6.92 Å². The van der Waals surface area contributed by atoms with E-state index in [-0.39, 0.29) is 11.7 Å². The fraction of sp³-hybridized carbons (Fsp3) is 0.679. The normalized spacial score (nSPS) is 41.2. The van der Waals surface area contributed by atoms with Crippen molar-refractivity contribution in [3.05, 3.63) is 24.3 Å². The van der Waals surface area contributed by atoms with Gasteiger partial charge in [-0.2, -0.15) is 0 Å². The van der Waals surface area contributed by atoms with E-state index in [0.717, 1.165) is 0 Å². The number of allylic oxidation sites excluding steroid dienone is 2. The number of hydrogen-bond acceptors (Lipinski definition) is 9. The molecule has 0 N–H and O–H groups in total. The molecule has 3 fully saturated rings. The molecule has 0 saturated heterocycles. The highest BCUT2D eigenvalue weighted by molar-refractivity contribution is 5.96. The molecule has 202 valence electrons. The Morgan fingerprint density at radius 1 is 0.865 bits per heavy atom. The van der Waals surface area contributed by atoms with Crippen LogP contribution in [0.4, 0.5) is 0 Å². The molecule has 0 aliphatic heterocycles. The Labute approximate surface area is 216 Å². The van der Waals surface area contributed by atoms with Crippen molar-refractivity contribution in [2.75, 3.05) is 0 Å². The van der Waals surface area contributed by atoms with Gasteiger partial charge >= 0.3 is 23.9 Å². The van der Waals surface area contributed by atoms with Gasteiger partial charge in [0.05, 0.1) is 5.41 Å². The van der Waals surface area contributed by atoms with E-state index >= 15 is 0 Å². The number of ether oxygens (including phenoxy) is 4. The summed E-state index contributed by atoms with van der Waals surface area (Å²) in [5.74, 6) is -3.75. The first kappa shape index (κ1) is 27.1. The zero-order valence-electron chi connectivity index (χ0n) is 22.5. The van der Waals surface area contributed by atoms with Crippen LogP contribution in [0.25, 0.3) is 0 Å². The van der Waals surface area contributed by atoms with Crippen molar-refractivity contribution < 1.29 is 42.9 Å². The van der Waals surface area contributed by atoms with Gasteiger partial charge in [0.2, 0.25) is 0 Å². The van der Waals surface area contributed by atoms with Crippen molar-refractivity contribution in [1.82, 2.24) is 0 Å². The largest absolute Gasteiger partial charge is 0.462 e. The Balaban J connectivity index is 2.08. The minimum absolute atomic E-state index is 0.158. The first-order valence-corrected chi connectivity index (χ1v) is 12.7. The lowest BCUT2D eigenvalue weighted by Gasteiger charge is -2.66. The molecule has 9 atom stereocenters. The second-order valence-corrected chi connectivity index (χ2v) is 11.8. The molecule has 9 heteroatoms. The minimum atomic E-state index is -1.12. The number of esters is 4. The van der Waals surface area contributed by atoms with Crippen LogP contribution in [0.3, 0.4) is 0 Å². The molecule has 0 aromatic carbocycles. The maximum atomic E-state index is 13.2. The highest BCUT2D eigenvalue weighted by Crippen LogP contribution is 2.72. The number of hydrogen-bond donors (Lipinski definition) is 0. The van der Waals surface area contributed by atoms with Crippen LogP contribution < -0.4 is 0 Å². The molecular weight excluding hydrogens is 480 g/mol. The molecule has 9 nitrogen and oxygen atoms in total. The van der Waals surface area contributed by atoms with Gasteiger partial charge in [0.25, 0.3) is 0 Å². The van der Waals surface area contributed by atoms with E-state index in [4.69, 9.17) is 18.9 Å². The van der Waals surface area contributed by atoms with Gasteiger partial charge in [0.1, 0.15) is 24.4 Å². The minimum Gasteiger partial charge on any atom is -0.462 e. The second-order valence-electron chi connectivity index (χ2n) is 11.8. The summed E-state index contributed by atoms with van der Waals surface area (Å²) in [6.45, 7) is 14.9. The Morgan fingerprint density at radius 2 is 1.43 bits per heavy atom. The van der Waals surface area contributed by atoms with Crippen LogP contribution in [0.5, 0.6) is 0 Å². The Bertz CT molecular complexity index is 1100. The van der Waals surface area contributed by atoms with Crippen LogP contribution in [0.15, 0.2) is 24.3 Å². The van der Waals surface area contributed by atoms with E-state index in [2.05, 4.69) is 6.58 Å². The molecule has 0 aromatic rings. The molecule has 0 heterocycles. The number of ketones is 1. The molecule has 0 amide bonds. The molecule has 4 rings (SSSR count). The lowest BCUT2D eigenvalue weighted by atomic mass is 9.40. The van der Waals surface area contributed by atoms with Crippen LogP contribution in [0, 0.1) is 34.0 Å². The van der Waals surface area contributed by atoms with Gasteiger partial charge in [-0.3, -0.25) is 24.0 Å². The van der Waals surface area contributed by atoms with Crippen molar-refractivity contribution in [2.45, 2.75) is 85.7 Å². The summed E-state index contributed by atoms with van der Waals surface area (Å²) in [5.41, 5.74) is -2.37. The average molecular weight is 517 g/mol. The topological polar surface area (TPSA) is 122 Å². The molecule has 0 radical (unpaired) electrons. The van der Waals surface area contributed by atoms with Gasteiger partial charge in [-0.15, -0.1) is 0 Å². The zero-order valence-corrected chi connectivity index (χ0v) is 22.5. The van der Waals surface area contributed by atoms with Crippen LogP contribution >= 0.6 is 0 Å². The van der Waals surface area contributed by atoms with E-state index in [9.17, 15) is 24.0 Å². The molecule has 1 spiro atoms. The summed E-state index contributed by atoms with van der Waals surface area (Å²) in [6.07, 6.45) is 0.557. The molecule has 4 aliphatic rings.